The van der Waals surface area contributed by atoms with Crippen LogP contribution in [0.3, 0.4) is 0 Å². The summed E-state index contributed by atoms with van der Waals surface area (Å²) in [4.78, 5) is 24.8. The Morgan fingerprint density at radius 1 is 1.48 bits per heavy atom. The van der Waals surface area contributed by atoms with Crippen LogP contribution in [0.5, 0.6) is 5.75 Å². The summed E-state index contributed by atoms with van der Waals surface area (Å²) in [6, 6.07) is 4.89. The summed E-state index contributed by atoms with van der Waals surface area (Å²) in [5.74, 6) is -0.861. The minimum Gasteiger partial charge on any atom is -0.489 e. The number of hydrogen-bond donors (Lipinski definition) is 2. The number of amides is 1. The number of rotatable bonds is 6. The number of carbonyl (C=O) groups excluding carboxylic acids is 1. The van der Waals surface area contributed by atoms with Crippen molar-refractivity contribution in [3.63, 3.8) is 0 Å². The zero-order valence-electron chi connectivity index (χ0n) is 11.8. The van der Waals surface area contributed by atoms with Gasteiger partial charge in [-0.15, -0.1) is 0 Å². The second-order valence-corrected chi connectivity index (χ2v) is 4.57. The minimum atomic E-state index is -1.04. The monoisotopic (exact) mass is 294 g/mol. The Labute approximate surface area is 122 Å². The molecule has 1 aromatic carbocycles. The molecule has 7 nitrogen and oxygen atoms in total. The van der Waals surface area contributed by atoms with Crippen molar-refractivity contribution in [3.8, 4) is 5.75 Å². The summed E-state index contributed by atoms with van der Waals surface area (Å²) in [7, 11) is 1.57. The number of nitrogens with zero attached hydrogens (tertiary/aromatic N) is 1. The number of carboxylic acids is 1. The predicted molar refractivity (Wildman–Crippen MR) is 76.0 cm³/mol. The predicted octanol–water partition coefficient (Wildman–Crippen LogP) is 0.346. The molecule has 21 heavy (non-hydrogen) atoms. The molecule has 0 radical (unpaired) electrons. The van der Waals surface area contributed by atoms with Gasteiger partial charge in [0.2, 0.25) is 5.91 Å². The van der Waals surface area contributed by atoms with Gasteiger partial charge in [-0.3, -0.25) is 4.79 Å². The number of benzene rings is 1. The fraction of sp³-hybridized carbons (Fsp3) is 0.429. The van der Waals surface area contributed by atoms with Gasteiger partial charge in [0.05, 0.1) is 25.4 Å². The van der Waals surface area contributed by atoms with Gasteiger partial charge in [-0.25, -0.2) is 4.79 Å². The summed E-state index contributed by atoms with van der Waals surface area (Å²) in [5, 5.41) is 11.9. The molecule has 1 heterocycles. The average molecular weight is 294 g/mol. The van der Waals surface area contributed by atoms with Crippen LogP contribution in [0.15, 0.2) is 18.2 Å². The number of hydrogen-bond acceptors (Lipinski definition) is 5. The van der Waals surface area contributed by atoms with Crippen LogP contribution in [0.1, 0.15) is 10.4 Å². The van der Waals surface area contributed by atoms with Crippen LogP contribution in [0, 0.1) is 0 Å². The molecule has 1 aromatic rings. The summed E-state index contributed by atoms with van der Waals surface area (Å²) in [5.41, 5.74) is 0.736. The van der Waals surface area contributed by atoms with Crippen molar-refractivity contribution >= 4 is 17.6 Å². The Kier molecular flexibility index (Phi) is 4.99. The molecule has 0 bridgehead atoms. The smallest absolute Gasteiger partial charge is 0.339 e. The first-order valence-electron chi connectivity index (χ1n) is 6.63. The number of methoxy groups -OCH3 is 1. The topological polar surface area (TPSA) is 88.1 Å². The normalized spacial score (nSPS) is 13.3. The number of carbonyl (C=O) groups is 2. The number of fused-ring (bicyclic) bond motifs is 1. The first-order chi connectivity index (χ1) is 10.1. The zero-order valence-corrected chi connectivity index (χ0v) is 11.8. The van der Waals surface area contributed by atoms with E-state index in [0.717, 1.165) is 0 Å². The van der Waals surface area contributed by atoms with E-state index in [4.69, 9.17) is 14.6 Å². The Morgan fingerprint density at radius 3 is 3.00 bits per heavy atom. The largest absolute Gasteiger partial charge is 0.489 e. The highest BCUT2D eigenvalue weighted by molar-refractivity contribution is 5.94. The molecule has 2 rings (SSSR count). The lowest BCUT2D eigenvalue weighted by atomic mass is 10.1. The zero-order chi connectivity index (χ0) is 15.2. The van der Waals surface area contributed by atoms with E-state index in [9.17, 15) is 9.59 Å². The SMILES string of the molecule is COCCNC(=O)CN1CCOc2c(C(=O)O)cccc21. The Hall–Kier alpha value is -2.28. The molecule has 7 heteroatoms. The number of para-hydroxylation sites is 1. The molecule has 0 spiro atoms. The van der Waals surface area contributed by atoms with Gasteiger partial charge in [0.25, 0.3) is 0 Å². The third-order valence-electron chi connectivity index (χ3n) is 3.14. The maximum atomic E-state index is 11.8. The van der Waals surface area contributed by atoms with E-state index in [1.54, 1.807) is 19.2 Å². The van der Waals surface area contributed by atoms with Crippen LogP contribution < -0.4 is 15.0 Å². The van der Waals surface area contributed by atoms with Gasteiger partial charge in [-0.05, 0) is 12.1 Å². The van der Waals surface area contributed by atoms with Crippen LogP contribution in [-0.4, -0.2) is 56.9 Å². The summed E-state index contributed by atoms with van der Waals surface area (Å²) >= 11 is 0. The summed E-state index contributed by atoms with van der Waals surface area (Å²) in [6.07, 6.45) is 0. The second kappa shape index (κ2) is 6.94. The molecule has 0 saturated heterocycles. The number of aromatic carboxylic acids is 1. The van der Waals surface area contributed by atoms with Crippen LogP contribution in [-0.2, 0) is 9.53 Å². The molecule has 114 valence electrons. The highest BCUT2D eigenvalue weighted by atomic mass is 16.5. The van der Waals surface area contributed by atoms with Crippen molar-refractivity contribution in [2.45, 2.75) is 0 Å². The fourth-order valence-corrected chi connectivity index (χ4v) is 2.16. The second-order valence-electron chi connectivity index (χ2n) is 4.57. The number of anilines is 1. The van der Waals surface area contributed by atoms with Gasteiger partial charge < -0.3 is 24.8 Å². The van der Waals surface area contributed by atoms with Gasteiger partial charge in [0.15, 0.2) is 5.75 Å². The van der Waals surface area contributed by atoms with Crippen molar-refractivity contribution in [2.75, 3.05) is 44.9 Å². The summed E-state index contributed by atoms with van der Waals surface area (Å²) < 4.78 is 10.3. The lowest BCUT2D eigenvalue weighted by molar-refractivity contribution is -0.120. The molecule has 2 N–H and O–H groups in total. The Morgan fingerprint density at radius 2 is 2.29 bits per heavy atom. The van der Waals surface area contributed by atoms with Gasteiger partial charge in [0, 0.05) is 13.7 Å². The molecule has 0 saturated carbocycles. The van der Waals surface area contributed by atoms with Crippen molar-refractivity contribution < 1.29 is 24.2 Å². The van der Waals surface area contributed by atoms with E-state index in [1.165, 1.54) is 6.07 Å². The molecular weight excluding hydrogens is 276 g/mol. The lowest BCUT2D eigenvalue weighted by Gasteiger charge is -2.31. The fourth-order valence-electron chi connectivity index (χ4n) is 2.16. The van der Waals surface area contributed by atoms with Gasteiger partial charge in [0.1, 0.15) is 12.2 Å². The Balaban J connectivity index is 2.10. The van der Waals surface area contributed by atoms with E-state index in [-0.39, 0.29) is 18.0 Å². The first kappa shape index (κ1) is 15.1. The lowest BCUT2D eigenvalue weighted by Crippen LogP contribution is -2.42. The van der Waals surface area contributed by atoms with Crippen molar-refractivity contribution in [1.29, 1.82) is 0 Å². The highest BCUT2D eigenvalue weighted by Gasteiger charge is 2.24. The van der Waals surface area contributed by atoms with Crippen molar-refractivity contribution in [3.05, 3.63) is 23.8 Å². The van der Waals surface area contributed by atoms with E-state index < -0.39 is 5.97 Å². The molecule has 0 fully saturated rings. The molecular formula is C14H18N2O5. The number of ether oxygens (including phenoxy) is 2. The maximum absolute atomic E-state index is 11.8. The quantitative estimate of drug-likeness (QED) is 0.736. The van der Waals surface area contributed by atoms with Crippen LogP contribution >= 0.6 is 0 Å². The molecule has 0 unspecified atom stereocenters. The van der Waals surface area contributed by atoms with Crippen LogP contribution in [0.25, 0.3) is 0 Å². The summed E-state index contributed by atoms with van der Waals surface area (Å²) in [6.45, 7) is 1.94. The molecule has 1 aliphatic heterocycles. The molecule has 0 aromatic heterocycles. The molecule has 0 aliphatic carbocycles. The van der Waals surface area contributed by atoms with E-state index in [0.29, 0.717) is 37.7 Å². The highest BCUT2D eigenvalue weighted by Crippen LogP contribution is 2.34. The van der Waals surface area contributed by atoms with Gasteiger partial charge >= 0.3 is 5.97 Å². The Bertz CT molecular complexity index is 532. The first-order valence-corrected chi connectivity index (χ1v) is 6.63. The third-order valence-corrected chi connectivity index (χ3v) is 3.14. The van der Waals surface area contributed by atoms with Gasteiger partial charge in [-0.2, -0.15) is 0 Å². The third kappa shape index (κ3) is 3.63. The van der Waals surface area contributed by atoms with E-state index >= 15 is 0 Å². The molecule has 1 aliphatic rings. The number of carboxylic acid groups (broad SMARTS) is 1. The maximum Gasteiger partial charge on any atom is 0.339 e. The van der Waals surface area contributed by atoms with E-state index in [1.807, 2.05) is 4.90 Å². The van der Waals surface area contributed by atoms with E-state index in [2.05, 4.69) is 5.32 Å². The van der Waals surface area contributed by atoms with Crippen LogP contribution in [0.4, 0.5) is 5.69 Å². The van der Waals surface area contributed by atoms with Crippen molar-refractivity contribution in [1.82, 2.24) is 5.32 Å². The van der Waals surface area contributed by atoms with Crippen molar-refractivity contribution in [2.24, 2.45) is 0 Å². The number of nitrogens with one attached hydrogen (secondary N) is 1. The average Bonchev–Trinajstić information content (AvgIpc) is 2.47. The molecule has 1 amide bonds. The minimum absolute atomic E-state index is 0.108. The molecule has 0 atom stereocenters. The standard InChI is InChI=1S/C14H18N2O5/c1-20-7-5-15-12(17)9-16-6-8-21-13-10(14(18)19)3-2-4-11(13)16/h2-4H,5-9H2,1H3,(H,15,17)(H,18,19). The van der Waals surface area contributed by atoms with Crippen LogP contribution in [0.2, 0.25) is 0 Å². The van der Waals surface area contributed by atoms with Gasteiger partial charge in [-0.1, -0.05) is 6.07 Å².